The highest BCUT2D eigenvalue weighted by Gasteiger charge is 2.33. The van der Waals surface area contributed by atoms with Gasteiger partial charge in [-0.2, -0.15) is 13.2 Å². The van der Waals surface area contributed by atoms with Gasteiger partial charge in [-0.15, -0.1) is 0 Å². The molecule has 0 atom stereocenters. The van der Waals surface area contributed by atoms with Crippen molar-refractivity contribution in [3.8, 4) is 0 Å². The predicted molar refractivity (Wildman–Crippen MR) is 72.4 cm³/mol. The first-order valence-electron chi connectivity index (χ1n) is 6.65. The number of hydrogen-bond acceptors (Lipinski definition) is 1. The van der Waals surface area contributed by atoms with Crippen molar-refractivity contribution >= 4 is 5.91 Å². The average molecular weight is 287 g/mol. The summed E-state index contributed by atoms with van der Waals surface area (Å²) in [6.45, 7) is 6.01. The van der Waals surface area contributed by atoms with Crippen molar-refractivity contribution in [1.29, 1.82) is 0 Å². The van der Waals surface area contributed by atoms with Crippen LogP contribution in [0.4, 0.5) is 13.2 Å². The third-order valence-corrected chi connectivity index (χ3v) is 3.32. The average Bonchev–Trinajstić information content (AvgIpc) is 2.38. The van der Waals surface area contributed by atoms with Gasteiger partial charge in [0.2, 0.25) is 5.91 Å². The highest BCUT2D eigenvalue weighted by atomic mass is 19.4. The number of nitrogens with one attached hydrogen (secondary N) is 1. The molecule has 0 unspecified atom stereocenters. The molecule has 1 N–H and O–H groups in total. The van der Waals surface area contributed by atoms with E-state index < -0.39 is 17.2 Å². The summed E-state index contributed by atoms with van der Waals surface area (Å²) in [6, 6.07) is 4.75. The lowest BCUT2D eigenvalue weighted by Crippen LogP contribution is -2.40. The second kappa shape index (κ2) is 6.29. The second-order valence-electron chi connectivity index (χ2n) is 5.31. The van der Waals surface area contributed by atoms with E-state index in [0.717, 1.165) is 25.0 Å². The number of hydrogen-bond donors (Lipinski definition) is 1. The van der Waals surface area contributed by atoms with Crippen molar-refractivity contribution in [2.75, 3.05) is 6.54 Å². The fraction of sp³-hybridized carbons (Fsp3) is 0.533. The van der Waals surface area contributed by atoms with Gasteiger partial charge < -0.3 is 5.32 Å². The lowest BCUT2D eigenvalue weighted by Gasteiger charge is -2.24. The fourth-order valence-corrected chi connectivity index (χ4v) is 1.81. The van der Waals surface area contributed by atoms with Gasteiger partial charge in [-0.1, -0.05) is 25.5 Å². The predicted octanol–water partition coefficient (Wildman–Crippen LogP) is 3.90. The number of rotatable bonds is 5. The Balaban J connectivity index is 2.84. The largest absolute Gasteiger partial charge is 0.416 e. The molecule has 0 bridgehead atoms. The number of amides is 1. The van der Waals surface area contributed by atoms with Crippen LogP contribution in [0.3, 0.4) is 0 Å². The lowest BCUT2D eigenvalue weighted by atomic mass is 9.83. The molecule has 0 spiro atoms. The molecule has 0 fully saturated rings. The van der Waals surface area contributed by atoms with Gasteiger partial charge in [0.15, 0.2) is 0 Å². The Morgan fingerprint density at radius 1 is 1.10 bits per heavy atom. The number of carbonyl (C=O) groups excluding carboxylic acids is 1. The quantitative estimate of drug-likeness (QED) is 0.818. The topological polar surface area (TPSA) is 29.1 Å². The summed E-state index contributed by atoms with van der Waals surface area (Å²) in [6.07, 6.45) is -2.50. The molecule has 1 aromatic rings. The molecule has 0 radical (unpaired) electrons. The molecule has 1 rings (SSSR count). The molecule has 0 aromatic heterocycles. The Morgan fingerprint density at radius 3 is 2.05 bits per heavy atom. The van der Waals surface area contributed by atoms with E-state index in [1.54, 1.807) is 13.8 Å². The van der Waals surface area contributed by atoms with Crippen molar-refractivity contribution in [2.24, 2.45) is 0 Å². The maximum Gasteiger partial charge on any atom is 0.416 e. The van der Waals surface area contributed by atoms with Gasteiger partial charge in [0.25, 0.3) is 0 Å². The van der Waals surface area contributed by atoms with E-state index in [-0.39, 0.29) is 5.91 Å². The van der Waals surface area contributed by atoms with E-state index in [4.69, 9.17) is 0 Å². The Labute approximate surface area is 117 Å². The number of unbranched alkanes of at least 4 members (excludes halogenated alkanes) is 1. The molecule has 0 aliphatic carbocycles. The van der Waals surface area contributed by atoms with Crippen LogP contribution in [-0.2, 0) is 16.4 Å². The summed E-state index contributed by atoms with van der Waals surface area (Å²) in [7, 11) is 0. The Hall–Kier alpha value is -1.52. The summed E-state index contributed by atoms with van der Waals surface area (Å²) in [5.41, 5.74) is -0.986. The summed E-state index contributed by atoms with van der Waals surface area (Å²) in [5.74, 6) is -0.175. The molecule has 0 saturated heterocycles. The van der Waals surface area contributed by atoms with Crippen molar-refractivity contribution in [2.45, 2.75) is 45.2 Å². The Kier molecular flexibility index (Phi) is 5.20. The maximum absolute atomic E-state index is 12.5. The van der Waals surface area contributed by atoms with Crippen molar-refractivity contribution in [3.05, 3.63) is 35.4 Å². The maximum atomic E-state index is 12.5. The summed E-state index contributed by atoms with van der Waals surface area (Å²) in [4.78, 5) is 12.1. The van der Waals surface area contributed by atoms with Gasteiger partial charge in [-0.25, -0.2) is 0 Å². The van der Waals surface area contributed by atoms with Gasteiger partial charge in [-0.05, 0) is 38.0 Å². The SMILES string of the molecule is CCCCNC(=O)C(C)(C)c1ccc(C(F)(F)F)cc1. The third kappa shape index (κ3) is 3.99. The second-order valence-corrected chi connectivity index (χ2v) is 5.31. The zero-order valence-corrected chi connectivity index (χ0v) is 12.0. The van der Waals surface area contributed by atoms with E-state index in [9.17, 15) is 18.0 Å². The molecular weight excluding hydrogens is 267 g/mol. The van der Waals surface area contributed by atoms with Gasteiger partial charge >= 0.3 is 6.18 Å². The minimum atomic E-state index is -4.36. The van der Waals surface area contributed by atoms with Crippen LogP contribution in [0, 0.1) is 0 Å². The molecule has 0 heterocycles. The van der Waals surface area contributed by atoms with Crippen LogP contribution in [0.15, 0.2) is 24.3 Å². The molecule has 2 nitrogen and oxygen atoms in total. The molecule has 0 aliphatic rings. The van der Waals surface area contributed by atoms with Gasteiger partial charge in [0, 0.05) is 6.54 Å². The minimum absolute atomic E-state index is 0.175. The number of halogens is 3. The highest BCUT2D eigenvalue weighted by Crippen LogP contribution is 2.31. The van der Waals surface area contributed by atoms with Crippen LogP contribution in [0.2, 0.25) is 0 Å². The van der Waals surface area contributed by atoms with Crippen LogP contribution >= 0.6 is 0 Å². The number of alkyl halides is 3. The highest BCUT2D eigenvalue weighted by molar-refractivity contribution is 5.87. The third-order valence-electron chi connectivity index (χ3n) is 3.32. The summed E-state index contributed by atoms with van der Waals surface area (Å²) < 4.78 is 37.5. The van der Waals surface area contributed by atoms with Gasteiger partial charge in [0.05, 0.1) is 11.0 Å². The fourth-order valence-electron chi connectivity index (χ4n) is 1.81. The van der Waals surface area contributed by atoms with Crippen molar-refractivity contribution in [1.82, 2.24) is 5.32 Å². The van der Waals surface area contributed by atoms with Crippen LogP contribution in [0.1, 0.15) is 44.7 Å². The first-order chi connectivity index (χ1) is 9.19. The standard InChI is InChI=1S/C15H20F3NO/c1-4-5-10-19-13(20)14(2,3)11-6-8-12(9-7-11)15(16,17)18/h6-9H,4-5,10H2,1-3H3,(H,19,20). The van der Waals surface area contributed by atoms with Crippen LogP contribution in [0.25, 0.3) is 0 Å². The van der Waals surface area contributed by atoms with E-state index in [1.807, 2.05) is 6.92 Å². The molecule has 0 saturated carbocycles. The van der Waals surface area contributed by atoms with Crippen LogP contribution in [0.5, 0.6) is 0 Å². The van der Waals surface area contributed by atoms with E-state index in [2.05, 4.69) is 5.32 Å². The Morgan fingerprint density at radius 2 is 1.60 bits per heavy atom. The summed E-state index contributed by atoms with van der Waals surface area (Å²) in [5, 5.41) is 2.81. The van der Waals surface area contributed by atoms with E-state index in [1.165, 1.54) is 12.1 Å². The normalized spacial score (nSPS) is 12.3. The molecule has 5 heteroatoms. The molecule has 0 aliphatic heterocycles. The van der Waals surface area contributed by atoms with Gasteiger partial charge in [0.1, 0.15) is 0 Å². The summed E-state index contributed by atoms with van der Waals surface area (Å²) >= 11 is 0. The first kappa shape index (κ1) is 16.5. The van der Waals surface area contributed by atoms with E-state index in [0.29, 0.717) is 12.1 Å². The molecule has 112 valence electrons. The molecule has 1 amide bonds. The molecular formula is C15H20F3NO. The van der Waals surface area contributed by atoms with E-state index >= 15 is 0 Å². The zero-order valence-electron chi connectivity index (χ0n) is 12.0. The monoisotopic (exact) mass is 287 g/mol. The minimum Gasteiger partial charge on any atom is -0.355 e. The lowest BCUT2D eigenvalue weighted by molar-refractivity contribution is -0.137. The first-order valence-corrected chi connectivity index (χ1v) is 6.65. The van der Waals surface area contributed by atoms with Crippen molar-refractivity contribution in [3.63, 3.8) is 0 Å². The van der Waals surface area contributed by atoms with Crippen molar-refractivity contribution < 1.29 is 18.0 Å². The molecule has 1 aromatic carbocycles. The molecule has 20 heavy (non-hydrogen) atoms. The Bertz CT molecular complexity index is 449. The number of carbonyl (C=O) groups is 1. The zero-order chi connectivity index (χ0) is 15.4. The van der Waals surface area contributed by atoms with Gasteiger partial charge in [-0.3, -0.25) is 4.79 Å². The van der Waals surface area contributed by atoms with Crippen LogP contribution < -0.4 is 5.32 Å². The smallest absolute Gasteiger partial charge is 0.355 e. The van der Waals surface area contributed by atoms with Crippen LogP contribution in [-0.4, -0.2) is 12.5 Å². The number of benzene rings is 1.